The summed E-state index contributed by atoms with van der Waals surface area (Å²) in [4.78, 5) is 7.82. The second-order valence-corrected chi connectivity index (χ2v) is 31.2. The lowest BCUT2D eigenvalue weighted by Crippen LogP contribution is -2.27. The van der Waals surface area contributed by atoms with Crippen LogP contribution in [0.5, 0.6) is 0 Å². The molecule has 500 valence electrons. The van der Waals surface area contributed by atoms with E-state index < -0.39 is 0 Å². The molecule has 0 amide bonds. The molecule has 4 nitrogen and oxygen atoms in total. The molecule has 0 aliphatic heterocycles. The third kappa shape index (κ3) is 11.0. The first-order chi connectivity index (χ1) is 47.5. The van der Waals surface area contributed by atoms with E-state index in [2.05, 4.69) is 212 Å². The minimum absolute atomic E-state index is 0.0987. The number of hydrogen-bond acceptors (Lipinski definition) is 4. The van der Waals surface area contributed by atoms with E-state index in [1.807, 2.05) is 6.20 Å². The fourth-order valence-electron chi connectivity index (χ4n) is 19.6. The first-order valence-electron chi connectivity index (χ1n) is 38.8. The Labute approximate surface area is 580 Å². The second-order valence-electron chi connectivity index (χ2n) is 31.2. The van der Waals surface area contributed by atoms with Gasteiger partial charge in [0.2, 0.25) is 0 Å². The third-order valence-corrected chi connectivity index (χ3v) is 24.4. The van der Waals surface area contributed by atoms with E-state index in [-0.39, 0.29) is 21.7 Å². The van der Waals surface area contributed by atoms with Gasteiger partial charge in [-0.2, -0.15) is 0 Å². The van der Waals surface area contributed by atoms with Crippen molar-refractivity contribution < 1.29 is 8.83 Å². The van der Waals surface area contributed by atoms with Crippen LogP contribution in [0.15, 0.2) is 167 Å². The quantitative estimate of drug-likeness (QED) is 0.0406. The zero-order valence-corrected chi connectivity index (χ0v) is 60.0. The molecule has 4 aliphatic rings. The minimum Gasteiger partial charge on any atom is -0.456 e. The lowest BCUT2D eigenvalue weighted by Gasteiger charge is -2.35. The van der Waals surface area contributed by atoms with Crippen molar-refractivity contribution in [2.75, 3.05) is 4.90 Å². The van der Waals surface area contributed by atoms with Crippen LogP contribution >= 0.6 is 0 Å². The van der Waals surface area contributed by atoms with Crippen LogP contribution in [0.3, 0.4) is 0 Å². The molecule has 4 aliphatic carbocycles. The number of para-hydroxylation sites is 2. The Morgan fingerprint density at radius 3 is 1.40 bits per heavy atom. The smallest absolute Gasteiger partial charge is 0.144 e. The maximum absolute atomic E-state index is 7.19. The van der Waals surface area contributed by atoms with Crippen molar-refractivity contribution in [2.45, 2.75) is 257 Å². The molecular weight excluding hydrogens is 1180 g/mol. The molecule has 0 spiro atoms. The summed E-state index contributed by atoms with van der Waals surface area (Å²) in [6.07, 6.45) is 37.5. The molecule has 0 bridgehead atoms. The molecule has 0 unspecified atom stereocenters. The van der Waals surface area contributed by atoms with Crippen molar-refractivity contribution in [1.29, 1.82) is 0 Å². The number of furan rings is 2. The highest BCUT2D eigenvalue weighted by Gasteiger charge is 2.51. The maximum Gasteiger partial charge on any atom is 0.144 e. The second kappa shape index (κ2) is 27.2. The van der Waals surface area contributed by atoms with Gasteiger partial charge >= 0.3 is 0 Å². The number of fused-ring (bicyclic) bond motifs is 22. The monoisotopic (exact) mass is 1280 g/mol. The summed E-state index contributed by atoms with van der Waals surface area (Å²) in [5.41, 5.74) is 28.3. The lowest BCUT2D eigenvalue weighted by molar-refractivity contribution is 0.394. The van der Waals surface area contributed by atoms with Crippen LogP contribution < -0.4 is 4.90 Å². The topological polar surface area (TPSA) is 42.4 Å². The van der Waals surface area contributed by atoms with Crippen molar-refractivity contribution in [3.8, 4) is 44.5 Å². The molecule has 8 aromatic carbocycles. The number of unbranched alkanes of at least 4 members (excludes halogenated alkanes) is 20. The van der Waals surface area contributed by atoms with E-state index in [1.54, 1.807) is 16.7 Å². The van der Waals surface area contributed by atoms with Gasteiger partial charge in [0, 0.05) is 66.3 Å². The van der Waals surface area contributed by atoms with Gasteiger partial charge in [0.05, 0.1) is 0 Å². The number of anilines is 3. The summed E-state index contributed by atoms with van der Waals surface area (Å²) in [5, 5.41) is 5.01. The molecule has 0 fully saturated rings. The Morgan fingerprint density at radius 1 is 0.330 bits per heavy atom. The molecule has 4 heteroatoms. The molecule has 0 saturated carbocycles. The van der Waals surface area contributed by atoms with Gasteiger partial charge in [-0.05, 0) is 176 Å². The Kier molecular flexibility index (Phi) is 18.3. The summed E-state index contributed by atoms with van der Waals surface area (Å²) < 4.78 is 14.1. The average molecular weight is 1280 g/mol. The van der Waals surface area contributed by atoms with Crippen LogP contribution in [0, 0.1) is 0 Å². The van der Waals surface area contributed by atoms with Gasteiger partial charge < -0.3 is 8.83 Å². The molecule has 3 heterocycles. The van der Waals surface area contributed by atoms with Gasteiger partial charge in [-0.15, -0.1) is 0 Å². The number of pyridine rings is 1. The Morgan fingerprint density at radius 2 is 0.794 bits per heavy atom. The molecule has 97 heavy (non-hydrogen) atoms. The molecule has 3 aromatic heterocycles. The van der Waals surface area contributed by atoms with Crippen molar-refractivity contribution in [3.05, 3.63) is 202 Å². The molecule has 15 rings (SSSR count). The number of nitrogens with zero attached hydrogens (tertiary/aromatic N) is 2. The van der Waals surface area contributed by atoms with Crippen LogP contribution in [-0.4, -0.2) is 4.98 Å². The zero-order valence-electron chi connectivity index (χ0n) is 60.0. The molecule has 0 atom stereocenters. The normalized spacial score (nSPS) is 15.3. The van der Waals surface area contributed by atoms with Crippen molar-refractivity contribution in [2.24, 2.45) is 0 Å². The first-order valence-corrected chi connectivity index (χ1v) is 38.8. The summed E-state index contributed by atoms with van der Waals surface area (Å²) in [7, 11) is 0. The van der Waals surface area contributed by atoms with Gasteiger partial charge in [-0.3, -0.25) is 4.90 Å². The van der Waals surface area contributed by atoms with Gasteiger partial charge in [-0.1, -0.05) is 294 Å². The fourth-order valence-corrected chi connectivity index (χ4v) is 19.6. The van der Waals surface area contributed by atoms with E-state index in [4.69, 9.17) is 13.8 Å². The van der Waals surface area contributed by atoms with Crippen LogP contribution in [0.25, 0.3) is 88.4 Å². The van der Waals surface area contributed by atoms with Gasteiger partial charge in [0.15, 0.2) is 0 Å². The Balaban J connectivity index is 0.926. The van der Waals surface area contributed by atoms with Gasteiger partial charge in [-0.25, -0.2) is 4.98 Å². The van der Waals surface area contributed by atoms with Crippen LogP contribution in [0.2, 0.25) is 0 Å². The molecule has 11 aromatic rings. The van der Waals surface area contributed by atoms with Crippen LogP contribution in [0.4, 0.5) is 17.2 Å². The van der Waals surface area contributed by atoms with E-state index in [0.717, 1.165) is 46.7 Å². The molecule has 0 radical (unpaired) electrons. The fraction of sp³-hybridized carbons (Fsp3) is 0.430. The highest BCUT2D eigenvalue weighted by Crippen LogP contribution is 2.66. The number of aromatic nitrogens is 1. The van der Waals surface area contributed by atoms with Gasteiger partial charge in [0.1, 0.15) is 28.1 Å². The minimum atomic E-state index is -0.358. The standard InChI is InChI=1S/C93H106N2O2/c1-9-13-17-21-25-36-54-92(55-37-26-22-18-14-10-2)73-52-53-80-83(68-42-30-33-45-78(68)96-80)82(73)71-62-76-70(61-77(71)92)65-50-48-64(60-75(65)93(76,56-38-27-23-19-15-11-3)57-39-28-24-20-16-12-4)95(81-47-35-40-58-94-81)63-49-51-67-74(59-63)91(7,8)88-86(67)89-85(69-43-31-34-46-79(69)97-89)84-66-41-29-32-44-72(66)90(5,6)87(84)88/h29-35,40-53,58-62H,9-28,36-39,54-57H2,1-8H3. The van der Waals surface area contributed by atoms with Crippen LogP contribution in [0.1, 0.15) is 280 Å². The molecular formula is C93H106N2O2. The highest BCUT2D eigenvalue weighted by molar-refractivity contribution is 6.21. The summed E-state index contributed by atoms with van der Waals surface area (Å²) >= 11 is 0. The lowest BCUT2D eigenvalue weighted by atomic mass is 9.68. The van der Waals surface area contributed by atoms with Crippen molar-refractivity contribution >= 4 is 61.1 Å². The number of hydrogen-bond donors (Lipinski definition) is 0. The maximum atomic E-state index is 7.19. The van der Waals surface area contributed by atoms with E-state index in [9.17, 15) is 0 Å². The summed E-state index contributed by atoms with van der Waals surface area (Å²) in [5.74, 6) is 0.932. The first kappa shape index (κ1) is 65.3. The predicted octanol–water partition coefficient (Wildman–Crippen LogP) is 28.5. The highest BCUT2D eigenvalue weighted by atomic mass is 16.3. The third-order valence-electron chi connectivity index (χ3n) is 24.4. The summed E-state index contributed by atoms with van der Waals surface area (Å²) in [6, 6.07) is 59.0. The largest absolute Gasteiger partial charge is 0.456 e. The van der Waals surface area contributed by atoms with E-state index >= 15 is 0 Å². The zero-order chi connectivity index (χ0) is 66.5. The molecule has 0 saturated heterocycles. The Hall–Kier alpha value is -7.69. The van der Waals surface area contributed by atoms with Crippen molar-refractivity contribution in [3.63, 3.8) is 0 Å². The number of rotatable bonds is 31. The number of benzene rings is 8. The average Bonchev–Trinajstić information content (AvgIpc) is 1.51. The van der Waals surface area contributed by atoms with E-state index in [0.29, 0.717) is 0 Å². The SMILES string of the molecule is CCCCCCCCC1(CCCCCCCC)c2cc(N(c3ccc4c(c3)C(C)(C)c3c5c(c6c(oc7ccccc76)c3-4)-c3ccccc3C5(C)C)c3ccccn3)ccc2-c2cc3c(cc21)-c1c(ccc2oc4ccccc4c12)C3(CCCCCCCC)CCCCCCCC. The Bertz CT molecular complexity index is 4650. The summed E-state index contributed by atoms with van der Waals surface area (Å²) in [6.45, 7) is 19.3. The van der Waals surface area contributed by atoms with Crippen LogP contribution in [-0.2, 0) is 21.7 Å². The van der Waals surface area contributed by atoms with Gasteiger partial charge in [0.25, 0.3) is 0 Å². The van der Waals surface area contributed by atoms with Crippen molar-refractivity contribution in [1.82, 2.24) is 4.98 Å². The van der Waals surface area contributed by atoms with E-state index in [1.165, 1.54) is 266 Å². The molecule has 0 N–H and O–H groups in total. The predicted molar refractivity (Wildman–Crippen MR) is 413 cm³/mol.